The summed E-state index contributed by atoms with van der Waals surface area (Å²) >= 11 is 0. The predicted molar refractivity (Wildman–Crippen MR) is 120 cm³/mol. The zero-order valence-electron chi connectivity index (χ0n) is 17.8. The highest BCUT2D eigenvalue weighted by Gasteiger charge is 2.37. The zero-order chi connectivity index (χ0) is 22.0. The number of piperazine rings is 1. The summed E-state index contributed by atoms with van der Waals surface area (Å²) in [6.45, 7) is 7.31. The van der Waals surface area contributed by atoms with Crippen molar-refractivity contribution in [1.29, 1.82) is 0 Å². The van der Waals surface area contributed by atoms with Crippen LogP contribution in [0.5, 0.6) is 0 Å². The number of hydrogen-bond donors (Lipinski definition) is 1. The Balaban J connectivity index is 1.38. The maximum absolute atomic E-state index is 12.7. The minimum absolute atomic E-state index is 0.0539. The molecular weight excluding hydrogens is 418 g/mol. The van der Waals surface area contributed by atoms with Gasteiger partial charge < -0.3 is 15.1 Å². The quantitative estimate of drug-likeness (QED) is 0.721. The van der Waals surface area contributed by atoms with Crippen LogP contribution in [0.15, 0.2) is 29.4 Å². The molecule has 0 spiro atoms. The highest BCUT2D eigenvalue weighted by atomic mass is 32.2. The third-order valence-electron chi connectivity index (χ3n) is 6.19. The second-order valence-electron chi connectivity index (χ2n) is 8.26. The SMILES string of the molecule is CCN1CCN(c2ccc(NC(=O)C3=NN(C4CCS(=O)(=O)C4)C(=O)CC3)cc2)CC1. The van der Waals surface area contributed by atoms with Crippen LogP contribution in [0.3, 0.4) is 0 Å². The van der Waals surface area contributed by atoms with Gasteiger partial charge in [0.2, 0.25) is 5.91 Å². The van der Waals surface area contributed by atoms with Gasteiger partial charge in [0.25, 0.3) is 5.91 Å². The molecule has 0 bridgehead atoms. The fourth-order valence-corrected chi connectivity index (χ4v) is 5.96. The fraction of sp³-hybridized carbons (Fsp3) is 0.571. The van der Waals surface area contributed by atoms with E-state index in [1.165, 1.54) is 5.01 Å². The van der Waals surface area contributed by atoms with Crippen LogP contribution in [-0.2, 0) is 19.4 Å². The van der Waals surface area contributed by atoms with E-state index in [9.17, 15) is 18.0 Å². The van der Waals surface area contributed by atoms with Crippen LogP contribution in [0.4, 0.5) is 11.4 Å². The number of likely N-dealkylation sites (N-methyl/N-ethyl adjacent to an activating group) is 1. The van der Waals surface area contributed by atoms with E-state index in [-0.39, 0.29) is 41.9 Å². The van der Waals surface area contributed by atoms with Crippen LogP contribution >= 0.6 is 0 Å². The summed E-state index contributed by atoms with van der Waals surface area (Å²) < 4.78 is 23.5. The molecule has 2 fully saturated rings. The molecule has 10 heteroatoms. The molecule has 1 aromatic carbocycles. The molecule has 31 heavy (non-hydrogen) atoms. The first-order valence-corrected chi connectivity index (χ1v) is 12.7. The molecule has 9 nitrogen and oxygen atoms in total. The summed E-state index contributed by atoms with van der Waals surface area (Å²) in [4.78, 5) is 29.7. The maximum atomic E-state index is 12.7. The van der Waals surface area contributed by atoms with Crippen molar-refractivity contribution in [2.75, 3.05) is 54.4 Å². The largest absolute Gasteiger partial charge is 0.369 e. The van der Waals surface area contributed by atoms with Crippen molar-refractivity contribution in [2.45, 2.75) is 32.2 Å². The van der Waals surface area contributed by atoms with Crippen LogP contribution in [-0.4, -0.2) is 86.1 Å². The Bertz CT molecular complexity index is 968. The topological polar surface area (TPSA) is 102 Å². The van der Waals surface area contributed by atoms with E-state index < -0.39 is 15.9 Å². The van der Waals surface area contributed by atoms with Crippen molar-refractivity contribution in [3.63, 3.8) is 0 Å². The standard InChI is InChI=1S/C21H29N5O4S/c1-2-24-10-12-25(13-11-24)17-5-3-16(4-6-17)22-21(28)19-7-8-20(27)26(23-19)18-9-14-31(29,30)15-18/h3-6,18H,2,7-15H2,1H3,(H,22,28). The number of rotatable bonds is 5. The second kappa shape index (κ2) is 8.96. The first-order valence-electron chi connectivity index (χ1n) is 10.8. The number of hydrogen-bond acceptors (Lipinski definition) is 7. The summed E-state index contributed by atoms with van der Waals surface area (Å²) in [6.07, 6.45) is 0.770. The highest BCUT2D eigenvalue weighted by molar-refractivity contribution is 7.91. The first kappa shape index (κ1) is 21.8. The van der Waals surface area contributed by atoms with Crippen molar-refractivity contribution in [1.82, 2.24) is 9.91 Å². The molecular formula is C21H29N5O4S. The lowest BCUT2D eigenvalue weighted by atomic mass is 10.1. The summed E-state index contributed by atoms with van der Waals surface area (Å²) in [6, 6.07) is 7.26. The van der Waals surface area contributed by atoms with Gasteiger partial charge in [-0.1, -0.05) is 6.92 Å². The summed E-state index contributed by atoms with van der Waals surface area (Å²) in [5, 5.41) is 8.28. The van der Waals surface area contributed by atoms with Gasteiger partial charge in [-0.05, 0) is 37.2 Å². The van der Waals surface area contributed by atoms with E-state index >= 15 is 0 Å². The van der Waals surface area contributed by atoms with Crippen LogP contribution < -0.4 is 10.2 Å². The van der Waals surface area contributed by atoms with Gasteiger partial charge in [-0.15, -0.1) is 0 Å². The van der Waals surface area contributed by atoms with E-state index in [4.69, 9.17) is 0 Å². The molecule has 2 amide bonds. The van der Waals surface area contributed by atoms with E-state index in [0.29, 0.717) is 12.1 Å². The summed E-state index contributed by atoms with van der Waals surface area (Å²) in [5.74, 6) is -0.627. The van der Waals surface area contributed by atoms with Crippen molar-refractivity contribution in [3.8, 4) is 0 Å². The molecule has 2 saturated heterocycles. The predicted octanol–water partition coefficient (Wildman–Crippen LogP) is 0.933. The Labute approximate surface area is 183 Å². The van der Waals surface area contributed by atoms with E-state index in [2.05, 4.69) is 27.1 Å². The van der Waals surface area contributed by atoms with Gasteiger partial charge in [-0.2, -0.15) is 5.10 Å². The van der Waals surface area contributed by atoms with Crippen molar-refractivity contribution in [3.05, 3.63) is 24.3 Å². The number of benzene rings is 1. The summed E-state index contributed by atoms with van der Waals surface area (Å²) in [5.41, 5.74) is 2.04. The molecule has 1 unspecified atom stereocenters. The molecule has 1 aromatic rings. The molecule has 1 N–H and O–H groups in total. The average molecular weight is 448 g/mol. The number of amides is 2. The number of nitrogens with zero attached hydrogens (tertiary/aromatic N) is 4. The Morgan fingerprint density at radius 3 is 2.45 bits per heavy atom. The van der Waals surface area contributed by atoms with Gasteiger partial charge in [0, 0.05) is 50.4 Å². The molecule has 0 radical (unpaired) electrons. The van der Waals surface area contributed by atoms with Gasteiger partial charge in [-0.25, -0.2) is 13.4 Å². The molecule has 0 aromatic heterocycles. The molecule has 4 rings (SSSR count). The monoisotopic (exact) mass is 447 g/mol. The van der Waals surface area contributed by atoms with Gasteiger partial charge in [-0.3, -0.25) is 9.59 Å². The minimum atomic E-state index is -3.14. The van der Waals surface area contributed by atoms with Gasteiger partial charge in [0.05, 0.1) is 17.5 Å². The first-order chi connectivity index (χ1) is 14.8. The van der Waals surface area contributed by atoms with Crippen LogP contribution in [0.1, 0.15) is 26.2 Å². The Kier molecular flexibility index (Phi) is 6.29. The Morgan fingerprint density at radius 2 is 1.84 bits per heavy atom. The molecule has 0 aliphatic carbocycles. The number of carbonyl (C=O) groups is 2. The van der Waals surface area contributed by atoms with Gasteiger partial charge in [0.15, 0.2) is 9.84 Å². The van der Waals surface area contributed by atoms with Gasteiger partial charge >= 0.3 is 0 Å². The smallest absolute Gasteiger partial charge is 0.271 e. The molecule has 3 aliphatic rings. The summed E-state index contributed by atoms with van der Waals surface area (Å²) in [7, 11) is -3.14. The molecule has 3 heterocycles. The lowest BCUT2D eigenvalue weighted by Crippen LogP contribution is -2.46. The molecule has 3 aliphatic heterocycles. The number of carbonyl (C=O) groups excluding carboxylic acids is 2. The molecule has 1 atom stereocenters. The Morgan fingerprint density at radius 1 is 1.13 bits per heavy atom. The van der Waals surface area contributed by atoms with Crippen LogP contribution in [0, 0.1) is 0 Å². The van der Waals surface area contributed by atoms with Crippen LogP contribution in [0.2, 0.25) is 0 Å². The number of nitrogens with one attached hydrogen (secondary N) is 1. The maximum Gasteiger partial charge on any atom is 0.271 e. The fourth-order valence-electron chi connectivity index (χ4n) is 4.27. The molecule has 168 valence electrons. The number of hydrazone groups is 1. The third kappa shape index (κ3) is 5.07. The van der Waals surface area contributed by atoms with Crippen molar-refractivity contribution in [2.24, 2.45) is 5.10 Å². The minimum Gasteiger partial charge on any atom is -0.369 e. The van der Waals surface area contributed by atoms with E-state index in [0.717, 1.165) is 38.4 Å². The molecule has 0 saturated carbocycles. The van der Waals surface area contributed by atoms with Crippen LogP contribution in [0.25, 0.3) is 0 Å². The lowest BCUT2D eigenvalue weighted by Gasteiger charge is -2.35. The highest BCUT2D eigenvalue weighted by Crippen LogP contribution is 2.23. The van der Waals surface area contributed by atoms with Gasteiger partial charge in [0.1, 0.15) is 5.71 Å². The normalized spacial score (nSPS) is 24.2. The zero-order valence-corrected chi connectivity index (χ0v) is 18.6. The van der Waals surface area contributed by atoms with Crippen molar-refractivity contribution < 1.29 is 18.0 Å². The van der Waals surface area contributed by atoms with Crippen molar-refractivity contribution >= 4 is 38.7 Å². The third-order valence-corrected chi connectivity index (χ3v) is 7.94. The average Bonchev–Trinajstić information content (AvgIpc) is 3.14. The van der Waals surface area contributed by atoms with E-state index in [1.807, 2.05) is 24.3 Å². The number of anilines is 2. The second-order valence-corrected chi connectivity index (χ2v) is 10.5. The Hall–Kier alpha value is -2.46. The number of sulfone groups is 1. The lowest BCUT2D eigenvalue weighted by molar-refractivity contribution is -0.133. The van der Waals surface area contributed by atoms with E-state index in [1.54, 1.807) is 0 Å².